The molecule has 1 aromatic heterocycles. The molecule has 0 saturated heterocycles. The van der Waals surface area contributed by atoms with E-state index in [0.29, 0.717) is 12.5 Å². The van der Waals surface area contributed by atoms with E-state index >= 15 is 0 Å². The molecule has 0 aromatic carbocycles. The first-order valence-electron chi connectivity index (χ1n) is 6.85. The lowest BCUT2D eigenvalue weighted by atomic mass is 9.93. The Morgan fingerprint density at radius 2 is 2.21 bits per heavy atom. The Hall–Kier alpha value is -1.10. The number of thiazole rings is 1. The number of carbonyl (C=O) groups excluding carboxylic acids is 1. The van der Waals surface area contributed by atoms with Gasteiger partial charge in [0.1, 0.15) is 5.01 Å². The smallest absolute Gasteiger partial charge is 0.315 e. The maximum absolute atomic E-state index is 11.7. The fourth-order valence-corrected chi connectivity index (χ4v) is 2.82. The van der Waals surface area contributed by atoms with Crippen LogP contribution in [0.2, 0.25) is 0 Å². The van der Waals surface area contributed by atoms with Crippen LogP contribution in [0.15, 0.2) is 5.38 Å². The molecule has 1 atom stereocenters. The maximum Gasteiger partial charge on any atom is 0.315 e. The minimum Gasteiger partial charge on any atom is -0.335 e. The number of rotatable bonds is 4. The molecule has 1 aliphatic rings. The number of hydrogen-bond donors (Lipinski definition) is 2. The highest BCUT2D eigenvalue weighted by Crippen LogP contribution is 2.32. The highest BCUT2D eigenvalue weighted by atomic mass is 32.1. The predicted molar refractivity (Wildman–Crippen MR) is 78.4 cm³/mol. The van der Waals surface area contributed by atoms with E-state index in [0.717, 1.165) is 10.7 Å². The monoisotopic (exact) mass is 281 g/mol. The summed E-state index contributed by atoms with van der Waals surface area (Å²) in [5.41, 5.74) is 1.15. The predicted octanol–water partition coefficient (Wildman–Crippen LogP) is 3.04. The van der Waals surface area contributed by atoms with Crippen molar-refractivity contribution in [3.05, 3.63) is 16.1 Å². The van der Waals surface area contributed by atoms with Crippen LogP contribution in [0.25, 0.3) is 0 Å². The summed E-state index contributed by atoms with van der Waals surface area (Å²) in [4.78, 5) is 16.3. The van der Waals surface area contributed by atoms with E-state index in [9.17, 15) is 4.79 Å². The van der Waals surface area contributed by atoms with Crippen LogP contribution in [0.5, 0.6) is 0 Å². The Morgan fingerprint density at radius 1 is 1.53 bits per heavy atom. The molecule has 0 aliphatic heterocycles. The number of carbonyl (C=O) groups is 1. The van der Waals surface area contributed by atoms with Gasteiger partial charge in [-0.2, -0.15) is 0 Å². The van der Waals surface area contributed by atoms with Gasteiger partial charge >= 0.3 is 6.03 Å². The van der Waals surface area contributed by atoms with Gasteiger partial charge in [-0.15, -0.1) is 11.3 Å². The van der Waals surface area contributed by atoms with Crippen molar-refractivity contribution in [1.82, 2.24) is 15.6 Å². The third-order valence-electron chi connectivity index (χ3n) is 3.41. The summed E-state index contributed by atoms with van der Waals surface area (Å²) in [5.74, 6) is 0.679. The van der Waals surface area contributed by atoms with Gasteiger partial charge in [0, 0.05) is 16.8 Å². The standard InChI is InChI=1S/C14H23N3OS/c1-9(10-5-6-10)16-13(18)15-7-12-17-11(8-19-12)14(2,3)4/h8-10H,5-7H2,1-4H3,(H2,15,16,18). The lowest BCUT2D eigenvalue weighted by Crippen LogP contribution is -2.41. The first-order chi connectivity index (χ1) is 8.86. The Labute approximate surface area is 119 Å². The molecule has 1 heterocycles. The summed E-state index contributed by atoms with van der Waals surface area (Å²) < 4.78 is 0. The zero-order valence-electron chi connectivity index (χ0n) is 12.1. The lowest BCUT2D eigenvalue weighted by Gasteiger charge is -2.14. The van der Waals surface area contributed by atoms with Gasteiger partial charge < -0.3 is 10.6 Å². The summed E-state index contributed by atoms with van der Waals surface area (Å²) >= 11 is 1.60. The summed E-state index contributed by atoms with van der Waals surface area (Å²) in [6.07, 6.45) is 2.48. The average Bonchev–Trinajstić information content (AvgIpc) is 3.04. The average molecular weight is 281 g/mol. The first kappa shape index (κ1) is 14.3. The highest BCUT2D eigenvalue weighted by Gasteiger charge is 2.28. The van der Waals surface area contributed by atoms with Crippen LogP contribution < -0.4 is 10.6 Å². The summed E-state index contributed by atoms with van der Waals surface area (Å²) in [6.45, 7) is 9.00. The maximum atomic E-state index is 11.7. The number of hydrogen-bond acceptors (Lipinski definition) is 3. The zero-order chi connectivity index (χ0) is 14.0. The molecule has 106 valence electrons. The number of urea groups is 1. The number of aromatic nitrogens is 1. The molecule has 2 N–H and O–H groups in total. The van der Waals surface area contributed by atoms with Gasteiger partial charge in [0.15, 0.2) is 0 Å². The van der Waals surface area contributed by atoms with Crippen molar-refractivity contribution in [3.8, 4) is 0 Å². The van der Waals surface area contributed by atoms with Crippen LogP contribution in [0.3, 0.4) is 0 Å². The largest absolute Gasteiger partial charge is 0.335 e. The van der Waals surface area contributed by atoms with Crippen molar-refractivity contribution in [2.75, 3.05) is 0 Å². The van der Waals surface area contributed by atoms with E-state index in [-0.39, 0.29) is 17.5 Å². The van der Waals surface area contributed by atoms with Crippen LogP contribution in [0, 0.1) is 5.92 Å². The van der Waals surface area contributed by atoms with E-state index in [2.05, 4.69) is 48.7 Å². The molecule has 1 unspecified atom stereocenters. The van der Waals surface area contributed by atoms with E-state index in [1.165, 1.54) is 12.8 Å². The summed E-state index contributed by atoms with van der Waals surface area (Å²) in [5, 5.41) is 8.88. The Bertz CT molecular complexity index is 446. The summed E-state index contributed by atoms with van der Waals surface area (Å²) in [7, 11) is 0. The van der Waals surface area contributed by atoms with Gasteiger partial charge in [-0.1, -0.05) is 20.8 Å². The molecular formula is C14H23N3OS. The molecule has 1 fully saturated rings. The second-order valence-corrected chi connectivity index (χ2v) is 7.27. The number of nitrogens with one attached hydrogen (secondary N) is 2. The quantitative estimate of drug-likeness (QED) is 0.891. The molecule has 0 radical (unpaired) electrons. The third kappa shape index (κ3) is 4.20. The van der Waals surface area contributed by atoms with Crippen LogP contribution in [-0.2, 0) is 12.0 Å². The SMILES string of the molecule is CC(NC(=O)NCc1nc(C(C)(C)C)cs1)C1CC1. The minimum atomic E-state index is -0.0908. The molecule has 1 aliphatic carbocycles. The Kier molecular flexibility index (Phi) is 4.13. The van der Waals surface area contributed by atoms with Crippen LogP contribution in [0.4, 0.5) is 4.79 Å². The Balaban J connectivity index is 1.78. The summed E-state index contributed by atoms with van der Waals surface area (Å²) in [6, 6.07) is 0.188. The van der Waals surface area contributed by atoms with Gasteiger partial charge in [-0.05, 0) is 25.7 Å². The molecule has 1 aromatic rings. The van der Waals surface area contributed by atoms with Crippen LogP contribution in [0.1, 0.15) is 51.2 Å². The number of nitrogens with zero attached hydrogens (tertiary/aromatic N) is 1. The lowest BCUT2D eigenvalue weighted by molar-refractivity contribution is 0.236. The first-order valence-corrected chi connectivity index (χ1v) is 7.73. The molecule has 19 heavy (non-hydrogen) atoms. The van der Waals surface area contributed by atoms with Crippen molar-refractivity contribution in [3.63, 3.8) is 0 Å². The third-order valence-corrected chi connectivity index (χ3v) is 4.26. The molecule has 2 rings (SSSR count). The Morgan fingerprint density at radius 3 is 2.74 bits per heavy atom. The van der Waals surface area contributed by atoms with Crippen molar-refractivity contribution in [2.24, 2.45) is 5.92 Å². The van der Waals surface area contributed by atoms with Gasteiger partial charge in [0.2, 0.25) is 0 Å². The molecule has 4 nitrogen and oxygen atoms in total. The van der Waals surface area contributed by atoms with Crippen LogP contribution >= 0.6 is 11.3 Å². The topological polar surface area (TPSA) is 54.0 Å². The van der Waals surface area contributed by atoms with E-state index < -0.39 is 0 Å². The van der Waals surface area contributed by atoms with E-state index in [1.54, 1.807) is 11.3 Å². The fourth-order valence-electron chi connectivity index (χ4n) is 1.86. The van der Waals surface area contributed by atoms with Gasteiger partial charge in [0.05, 0.1) is 12.2 Å². The number of amides is 2. The van der Waals surface area contributed by atoms with Gasteiger partial charge in [-0.3, -0.25) is 0 Å². The second-order valence-electron chi connectivity index (χ2n) is 6.33. The van der Waals surface area contributed by atoms with Gasteiger partial charge in [-0.25, -0.2) is 9.78 Å². The fraction of sp³-hybridized carbons (Fsp3) is 0.714. The molecule has 5 heteroatoms. The molecular weight excluding hydrogens is 258 g/mol. The van der Waals surface area contributed by atoms with E-state index in [4.69, 9.17) is 0 Å². The van der Waals surface area contributed by atoms with Crippen molar-refractivity contribution in [2.45, 2.75) is 58.5 Å². The molecule has 0 spiro atoms. The highest BCUT2D eigenvalue weighted by molar-refractivity contribution is 7.09. The molecule has 1 saturated carbocycles. The molecule has 2 amide bonds. The van der Waals surface area contributed by atoms with E-state index in [1.807, 2.05) is 0 Å². The van der Waals surface area contributed by atoms with Crippen molar-refractivity contribution < 1.29 is 4.79 Å². The minimum absolute atomic E-state index is 0.0670. The van der Waals surface area contributed by atoms with Crippen LogP contribution in [-0.4, -0.2) is 17.1 Å². The van der Waals surface area contributed by atoms with Crippen molar-refractivity contribution >= 4 is 17.4 Å². The molecule has 0 bridgehead atoms. The second kappa shape index (κ2) is 5.49. The zero-order valence-corrected chi connectivity index (χ0v) is 12.9. The van der Waals surface area contributed by atoms with Gasteiger partial charge in [0.25, 0.3) is 0 Å². The normalized spacial score (nSPS) is 17.1. The van der Waals surface area contributed by atoms with Crippen molar-refractivity contribution in [1.29, 1.82) is 0 Å².